The maximum Gasteiger partial charge on any atom is 0.322 e. The molecule has 1 unspecified atom stereocenters. The van der Waals surface area contributed by atoms with E-state index in [2.05, 4.69) is 34.9 Å². The quantitative estimate of drug-likeness (QED) is 0.735. The van der Waals surface area contributed by atoms with Gasteiger partial charge in [-0.05, 0) is 32.9 Å². The van der Waals surface area contributed by atoms with Crippen LogP contribution in [0.1, 0.15) is 26.3 Å². The molecule has 0 aliphatic heterocycles. The molecule has 1 rings (SSSR count). The molecular weight excluding hydrogens is 292 g/mol. The number of imide groups is 1. The van der Waals surface area contributed by atoms with Crippen LogP contribution in [-0.2, 0) is 11.3 Å². The topological polar surface area (TPSA) is 65.9 Å². The van der Waals surface area contributed by atoms with E-state index in [1.165, 1.54) is 0 Å². The van der Waals surface area contributed by atoms with E-state index in [1.54, 1.807) is 0 Å². The summed E-state index contributed by atoms with van der Waals surface area (Å²) >= 11 is 0. The molecule has 1 atom stereocenters. The molecule has 0 aliphatic rings. The minimum absolute atomic E-state index is 0.243. The molecule has 1 aromatic rings. The summed E-state index contributed by atoms with van der Waals surface area (Å²) in [4.78, 5) is 26.6. The van der Waals surface area contributed by atoms with E-state index in [9.17, 15) is 9.59 Å². The van der Waals surface area contributed by atoms with Gasteiger partial charge in [0.25, 0.3) is 5.91 Å². The molecule has 6 nitrogen and oxygen atoms in total. The number of hydrogen-bond acceptors (Lipinski definition) is 3. The van der Waals surface area contributed by atoms with E-state index in [4.69, 9.17) is 0 Å². The highest BCUT2D eigenvalue weighted by Gasteiger charge is 2.17. The minimum atomic E-state index is -0.453. The van der Waals surface area contributed by atoms with Gasteiger partial charge in [0.2, 0.25) is 0 Å². The van der Waals surface area contributed by atoms with Crippen molar-refractivity contribution in [1.82, 2.24) is 10.6 Å². The number of carbonyl (C=O) groups is 2. The van der Waals surface area contributed by atoms with E-state index in [0.29, 0.717) is 0 Å². The molecule has 3 amide bonds. The Labute approximate surface area is 138 Å². The molecule has 0 aromatic heterocycles. The Morgan fingerprint density at radius 1 is 1.13 bits per heavy atom. The van der Waals surface area contributed by atoms with E-state index in [0.717, 1.165) is 22.7 Å². The molecule has 128 valence electrons. The van der Waals surface area contributed by atoms with Crippen molar-refractivity contribution in [2.24, 2.45) is 0 Å². The molecule has 23 heavy (non-hydrogen) atoms. The third-order valence-electron chi connectivity index (χ3n) is 3.16. The van der Waals surface area contributed by atoms with Gasteiger partial charge in [-0.15, -0.1) is 0 Å². The monoisotopic (exact) mass is 321 g/mol. The van der Waals surface area contributed by atoms with Gasteiger partial charge in [-0.1, -0.05) is 12.1 Å². The molecule has 0 heterocycles. The van der Waals surface area contributed by atoms with Crippen LogP contribution in [0.5, 0.6) is 0 Å². The summed E-state index contributed by atoms with van der Waals surface area (Å²) in [5.74, 6) is -0.283. The Balaban J connectivity index is 2.45. The number of nitrogens with zero attached hydrogens (tertiary/aromatic N) is 1. The first-order valence-corrected chi connectivity index (χ1v) is 7.76. The fourth-order valence-electron chi connectivity index (χ4n) is 2.14. The number of hydrogen-bond donors (Lipinski definition) is 3. The molecule has 3 N–H and O–H groups in total. The molecule has 0 spiro atoms. The number of nitrogens with one attached hydrogen (secondary N) is 3. The van der Waals surface area contributed by atoms with E-state index >= 15 is 0 Å². The summed E-state index contributed by atoms with van der Waals surface area (Å²) in [6, 6.07) is 7.77. The largest absolute Gasteiger partial charge is 0.378 e. The predicted octanol–water partition coefficient (Wildman–Crippen LogP) is 0.392. The number of rotatable bonds is 5. The van der Waals surface area contributed by atoms with Gasteiger partial charge < -0.3 is 15.1 Å². The second-order valence-corrected chi connectivity index (χ2v) is 7.12. The highest BCUT2D eigenvalue weighted by atomic mass is 16.2. The second-order valence-electron chi connectivity index (χ2n) is 7.12. The molecule has 1 aromatic carbocycles. The zero-order chi connectivity index (χ0) is 17.6. The van der Waals surface area contributed by atoms with Crippen LogP contribution >= 0.6 is 0 Å². The number of benzene rings is 1. The number of carbonyl (C=O) groups excluding carboxylic acids is 2. The van der Waals surface area contributed by atoms with Gasteiger partial charge in [-0.2, -0.15) is 0 Å². The molecule has 0 fully saturated rings. The van der Waals surface area contributed by atoms with Crippen molar-refractivity contribution in [2.45, 2.75) is 32.9 Å². The lowest BCUT2D eigenvalue weighted by Gasteiger charge is -2.20. The van der Waals surface area contributed by atoms with E-state index in [1.807, 2.05) is 46.8 Å². The van der Waals surface area contributed by atoms with Crippen molar-refractivity contribution < 1.29 is 14.5 Å². The average molecular weight is 321 g/mol. The highest BCUT2D eigenvalue weighted by molar-refractivity contribution is 5.94. The molecule has 0 bridgehead atoms. The van der Waals surface area contributed by atoms with Crippen LogP contribution in [0, 0.1) is 0 Å². The van der Waals surface area contributed by atoms with Gasteiger partial charge in [0.1, 0.15) is 6.54 Å². The third-order valence-corrected chi connectivity index (χ3v) is 3.16. The standard InChI is InChI=1S/C17H28N4O2/c1-17(2,3)19-16(23)18-15(22)12-21(6)11-13-7-9-14(10-8-13)20(4)5/h7-10H,11-12H2,1-6H3,(H2,18,19,22,23)/p+1. The minimum Gasteiger partial charge on any atom is -0.378 e. The number of quaternary nitrogens is 1. The van der Waals surface area contributed by atoms with Crippen molar-refractivity contribution in [2.75, 3.05) is 32.6 Å². The van der Waals surface area contributed by atoms with Crippen LogP contribution in [0.2, 0.25) is 0 Å². The first-order chi connectivity index (χ1) is 10.6. The lowest BCUT2D eigenvalue weighted by Crippen LogP contribution is -3.09. The molecule has 6 heteroatoms. The van der Waals surface area contributed by atoms with Crippen molar-refractivity contribution in [3.05, 3.63) is 29.8 Å². The third kappa shape index (κ3) is 7.65. The number of urea groups is 1. The maximum atomic E-state index is 11.9. The SMILES string of the molecule is CN(C)c1ccc(C[NH+](C)CC(=O)NC(=O)NC(C)(C)C)cc1. The van der Waals surface area contributed by atoms with Crippen LogP contribution in [0.25, 0.3) is 0 Å². The smallest absolute Gasteiger partial charge is 0.322 e. The van der Waals surface area contributed by atoms with Crippen LogP contribution in [0.3, 0.4) is 0 Å². The van der Waals surface area contributed by atoms with Crippen molar-refractivity contribution in [1.29, 1.82) is 0 Å². The average Bonchev–Trinajstić information content (AvgIpc) is 2.36. The summed E-state index contributed by atoms with van der Waals surface area (Å²) in [7, 11) is 5.93. The van der Waals surface area contributed by atoms with Gasteiger partial charge in [-0.3, -0.25) is 10.1 Å². The van der Waals surface area contributed by atoms with Gasteiger partial charge in [-0.25, -0.2) is 4.79 Å². The number of amides is 3. The van der Waals surface area contributed by atoms with Crippen LogP contribution in [-0.4, -0.2) is 45.2 Å². The molecule has 0 aliphatic carbocycles. The van der Waals surface area contributed by atoms with E-state index in [-0.39, 0.29) is 18.0 Å². The van der Waals surface area contributed by atoms with E-state index < -0.39 is 6.03 Å². The van der Waals surface area contributed by atoms with Crippen molar-refractivity contribution in [3.8, 4) is 0 Å². The van der Waals surface area contributed by atoms with Crippen molar-refractivity contribution in [3.63, 3.8) is 0 Å². The second kappa shape index (κ2) is 7.97. The van der Waals surface area contributed by atoms with Gasteiger partial charge in [0.05, 0.1) is 7.05 Å². The highest BCUT2D eigenvalue weighted by Crippen LogP contribution is 2.11. The van der Waals surface area contributed by atoms with Crippen LogP contribution in [0.15, 0.2) is 24.3 Å². The molecule has 0 radical (unpaired) electrons. The molecule has 0 saturated heterocycles. The Morgan fingerprint density at radius 3 is 2.17 bits per heavy atom. The lowest BCUT2D eigenvalue weighted by atomic mass is 10.1. The first kappa shape index (κ1) is 19.0. The summed E-state index contributed by atoms with van der Waals surface area (Å²) in [5.41, 5.74) is 1.93. The lowest BCUT2D eigenvalue weighted by molar-refractivity contribution is -0.885. The van der Waals surface area contributed by atoms with Crippen LogP contribution < -0.4 is 20.4 Å². The fourth-order valence-corrected chi connectivity index (χ4v) is 2.14. The van der Waals surface area contributed by atoms with Crippen molar-refractivity contribution >= 4 is 17.6 Å². The number of likely N-dealkylation sites (N-methyl/N-ethyl adjacent to an activating group) is 1. The summed E-state index contributed by atoms with van der Waals surface area (Å²) in [5, 5.41) is 5.07. The zero-order valence-corrected chi connectivity index (χ0v) is 15.0. The molecule has 0 saturated carbocycles. The van der Waals surface area contributed by atoms with Gasteiger partial charge in [0.15, 0.2) is 6.54 Å². The Morgan fingerprint density at radius 2 is 1.70 bits per heavy atom. The van der Waals surface area contributed by atoms with Gasteiger partial charge in [0, 0.05) is 30.9 Å². The first-order valence-electron chi connectivity index (χ1n) is 7.76. The Bertz CT molecular complexity index is 533. The predicted molar refractivity (Wildman–Crippen MR) is 92.7 cm³/mol. The Hall–Kier alpha value is -2.08. The summed E-state index contributed by atoms with van der Waals surface area (Å²) in [6.07, 6.45) is 0. The zero-order valence-electron chi connectivity index (χ0n) is 15.0. The van der Waals surface area contributed by atoms with Gasteiger partial charge >= 0.3 is 6.03 Å². The fraction of sp³-hybridized carbons (Fsp3) is 0.529. The molecular formula is C17H29N4O2+. The summed E-state index contributed by atoms with van der Waals surface area (Å²) in [6.45, 7) is 6.57. The van der Waals surface area contributed by atoms with Crippen LogP contribution in [0.4, 0.5) is 10.5 Å². The Kier molecular flexibility index (Phi) is 6.57. The number of anilines is 1. The maximum absolute atomic E-state index is 11.9. The normalized spacial score (nSPS) is 12.4. The summed E-state index contributed by atoms with van der Waals surface area (Å²) < 4.78 is 0.